The molecule has 1 aromatic heterocycles. The van der Waals surface area contributed by atoms with Crippen molar-refractivity contribution < 1.29 is 0 Å². The predicted molar refractivity (Wildman–Crippen MR) is 70.6 cm³/mol. The first-order chi connectivity index (χ1) is 8.24. The van der Waals surface area contributed by atoms with E-state index >= 15 is 0 Å². The molecule has 0 bridgehead atoms. The summed E-state index contributed by atoms with van der Waals surface area (Å²) in [6, 6.07) is 5.38. The minimum Gasteiger partial charge on any atom is -0.326 e. The molecule has 3 heteroatoms. The van der Waals surface area contributed by atoms with Crippen molar-refractivity contribution in [2.24, 2.45) is 5.73 Å². The summed E-state index contributed by atoms with van der Waals surface area (Å²) in [6.45, 7) is 5.55. The fourth-order valence-electron chi connectivity index (χ4n) is 3.02. The lowest BCUT2D eigenvalue weighted by Gasteiger charge is -2.35. The van der Waals surface area contributed by atoms with Crippen LogP contribution in [0.5, 0.6) is 0 Å². The molecule has 0 aliphatic carbocycles. The number of nitrogens with zero attached hydrogens (tertiary/aromatic N) is 2. The molecule has 94 valence electrons. The number of aromatic nitrogens is 1. The Balaban J connectivity index is 2.23. The van der Waals surface area contributed by atoms with E-state index in [0.29, 0.717) is 12.1 Å². The molecule has 1 fully saturated rings. The molecule has 3 atom stereocenters. The maximum atomic E-state index is 6.20. The van der Waals surface area contributed by atoms with Gasteiger partial charge in [0.25, 0.3) is 0 Å². The van der Waals surface area contributed by atoms with Crippen LogP contribution < -0.4 is 5.73 Å². The van der Waals surface area contributed by atoms with Gasteiger partial charge in [0.15, 0.2) is 0 Å². The highest BCUT2D eigenvalue weighted by Gasteiger charge is 2.32. The highest BCUT2D eigenvalue weighted by atomic mass is 15.2. The summed E-state index contributed by atoms with van der Waals surface area (Å²) in [5, 5.41) is 0. The molecule has 3 nitrogen and oxygen atoms in total. The van der Waals surface area contributed by atoms with Crippen LogP contribution >= 0.6 is 0 Å². The van der Waals surface area contributed by atoms with E-state index in [-0.39, 0.29) is 6.04 Å². The molecule has 2 rings (SSSR count). The zero-order chi connectivity index (χ0) is 12.3. The standard InChI is InChI=1S/C14H23N3/c1-3-13-5-4-10-17(13)14(11(2)15)12-6-8-16-9-7-12/h6-9,11,13-14H,3-5,10,15H2,1-2H3. The van der Waals surface area contributed by atoms with Gasteiger partial charge in [-0.15, -0.1) is 0 Å². The van der Waals surface area contributed by atoms with E-state index in [1.165, 1.54) is 31.4 Å². The third-order valence-electron chi connectivity index (χ3n) is 3.80. The van der Waals surface area contributed by atoms with Gasteiger partial charge in [-0.2, -0.15) is 0 Å². The Morgan fingerprint density at radius 2 is 2.18 bits per heavy atom. The predicted octanol–water partition coefficient (Wildman–Crippen LogP) is 2.34. The molecule has 1 aliphatic rings. The summed E-state index contributed by atoms with van der Waals surface area (Å²) in [5.41, 5.74) is 7.50. The second kappa shape index (κ2) is 5.61. The first-order valence-electron chi connectivity index (χ1n) is 6.65. The van der Waals surface area contributed by atoms with Crippen LogP contribution in [0.4, 0.5) is 0 Å². The lowest BCUT2D eigenvalue weighted by molar-refractivity contribution is 0.157. The minimum atomic E-state index is 0.157. The molecule has 0 radical (unpaired) electrons. The minimum absolute atomic E-state index is 0.157. The summed E-state index contributed by atoms with van der Waals surface area (Å²) in [5.74, 6) is 0. The van der Waals surface area contributed by atoms with Crippen molar-refractivity contribution in [2.75, 3.05) is 6.54 Å². The van der Waals surface area contributed by atoms with Crippen LogP contribution in [0.3, 0.4) is 0 Å². The number of nitrogens with two attached hydrogens (primary N) is 1. The first kappa shape index (κ1) is 12.5. The fraction of sp³-hybridized carbons (Fsp3) is 0.643. The number of hydrogen-bond donors (Lipinski definition) is 1. The molecule has 17 heavy (non-hydrogen) atoms. The van der Waals surface area contributed by atoms with E-state index in [1.807, 2.05) is 12.4 Å². The SMILES string of the molecule is CCC1CCCN1C(c1ccncc1)C(C)N. The average Bonchev–Trinajstić information content (AvgIpc) is 2.78. The van der Waals surface area contributed by atoms with Gasteiger partial charge >= 0.3 is 0 Å². The summed E-state index contributed by atoms with van der Waals surface area (Å²) in [6.07, 6.45) is 7.55. The number of hydrogen-bond acceptors (Lipinski definition) is 3. The molecule has 0 saturated carbocycles. The van der Waals surface area contributed by atoms with Gasteiger partial charge < -0.3 is 5.73 Å². The maximum Gasteiger partial charge on any atom is 0.0500 e. The molecule has 0 amide bonds. The van der Waals surface area contributed by atoms with E-state index in [0.717, 1.165) is 0 Å². The molecule has 0 aromatic carbocycles. The van der Waals surface area contributed by atoms with Crippen molar-refractivity contribution in [1.29, 1.82) is 0 Å². The van der Waals surface area contributed by atoms with Gasteiger partial charge in [-0.05, 0) is 50.4 Å². The van der Waals surface area contributed by atoms with Crippen LogP contribution in [0.2, 0.25) is 0 Å². The van der Waals surface area contributed by atoms with E-state index in [1.54, 1.807) is 0 Å². The van der Waals surface area contributed by atoms with E-state index in [4.69, 9.17) is 5.73 Å². The zero-order valence-electron chi connectivity index (χ0n) is 10.8. The molecule has 1 aliphatic heterocycles. The van der Waals surface area contributed by atoms with Gasteiger partial charge in [-0.3, -0.25) is 9.88 Å². The van der Waals surface area contributed by atoms with Crippen molar-refractivity contribution in [3.63, 3.8) is 0 Å². The molecule has 2 heterocycles. The molecule has 3 unspecified atom stereocenters. The van der Waals surface area contributed by atoms with Crippen molar-refractivity contribution in [3.8, 4) is 0 Å². The number of pyridine rings is 1. The summed E-state index contributed by atoms with van der Waals surface area (Å²) in [7, 11) is 0. The normalized spacial score (nSPS) is 24.8. The smallest absolute Gasteiger partial charge is 0.0500 e. The lowest BCUT2D eigenvalue weighted by atomic mass is 9.99. The second-order valence-electron chi connectivity index (χ2n) is 5.03. The van der Waals surface area contributed by atoms with Crippen LogP contribution in [0.1, 0.15) is 44.7 Å². The van der Waals surface area contributed by atoms with Crippen LogP contribution in [-0.2, 0) is 0 Å². The van der Waals surface area contributed by atoms with Crippen LogP contribution in [-0.4, -0.2) is 28.5 Å². The zero-order valence-corrected chi connectivity index (χ0v) is 10.8. The topological polar surface area (TPSA) is 42.2 Å². The van der Waals surface area contributed by atoms with Crippen molar-refractivity contribution >= 4 is 0 Å². The van der Waals surface area contributed by atoms with Gasteiger partial charge in [-0.25, -0.2) is 0 Å². The monoisotopic (exact) mass is 233 g/mol. The van der Waals surface area contributed by atoms with Gasteiger partial charge in [0.05, 0.1) is 6.04 Å². The van der Waals surface area contributed by atoms with Crippen molar-refractivity contribution in [1.82, 2.24) is 9.88 Å². The van der Waals surface area contributed by atoms with E-state index < -0.39 is 0 Å². The van der Waals surface area contributed by atoms with E-state index in [9.17, 15) is 0 Å². The largest absolute Gasteiger partial charge is 0.326 e. The summed E-state index contributed by atoms with van der Waals surface area (Å²) in [4.78, 5) is 6.68. The lowest BCUT2D eigenvalue weighted by Crippen LogP contribution is -2.42. The molecule has 1 aromatic rings. The summed E-state index contributed by atoms with van der Waals surface area (Å²) >= 11 is 0. The Bertz CT molecular complexity index is 337. The number of likely N-dealkylation sites (tertiary alicyclic amines) is 1. The van der Waals surface area contributed by atoms with Crippen LogP contribution in [0, 0.1) is 0 Å². The Morgan fingerprint density at radius 1 is 1.47 bits per heavy atom. The van der Waals surface area contributed by atoms with Gasteiger partial charge in [0.2, 0.25) is 0 Å². The Morgan fingerprint density at radius 3 is 2.76 bits per heavy atom. The van der Waals surface area contributed by atoms with Gasteiger partial charge in [0, 0.05) is 24.5 Å². The van der Waals surface area contributed by atoms with Crippen LogP contribution in [0.25, 0.3) is 0 Å². The molecule has 0 spiro atoms. The first-order valence-corrected chi connectivity index (χ1v) is 6.65. The van der Waals surface area contributed by atoms with Crippen molar-refractivity contribution in [3.05, 3.63) is 30.1 Å². The van der Waals surface area contributed by atoms with Gasteiger partial charge in [-0.1, -0.05) is 6.92 Å². The molecule has 1 saturated heterocycles. The quantitative estimate of drug-likeness (QED) is 0.868. The highest BCUT2D eigenvalue weighted by molar-refractivity contribution is 5.18. The van der Waals surface area contributed by atoms with E-state index in [2.05, 4.69) is 35.9 Å². The Kier molecular flexibility index (Phi) is 4.13. The Hall–Kier alpha value is -0.930. The molecule has 2 N–H and O–H groups in total. The number of rotatable bonds is 4. The highest BCUT2D eigenvalue weighted by Crippen LogP contribution is 2.32. The van der Waals surface area contributed by atoms with Gasteiger partial charge in [0.1, 0.15) is 0 Å². The second-order valence-corrected chi connectivity index (χ2v) is 5.03. The fourth-order valence-corrected chi connectivity index (χ4v) is 3.02. The molecular formula is C14H23N3. The Labute approximate surface area is 104 Å². The summed E-state index contributed by atoms with van der Waals surface area (Å²) < 4.78 is 0. The van der Waals surface area contributed by atoms with Crippen LogP contribution in [0.15, 0.2) is 24.5 Å². The third-order valence-corrected chi connectivity index (χ3v) is 3.80. The van der Waals surface area contributed by atoms with Crippen molar-refractivity contribution in [2.45, 2.75) is 51.2 Å². The average molecular weight is 233 g/mol. The maximum absolute atomic E-state index is 6.20. The molecular weight excluding hydrogens is 210 g/mol. The third kappa shape index (κ3) is 2.67.